The average molecular weight is 345 g/mol. The largest absolute Gasteiger partial charge is 0.378 e. The highest BCUT2D eigenvalue weighted by Gasteiger charge is 2.18. The Labute approximate surface area is 119 Å². The first-order chi connectivity index (χ1) is 8.88. The Kier molecular flexibility index (Phi) is 3.91. The molecule has 0 atom stereocenters. The molecule has 0 aliphatic rings. The van der Waals surface area contributed by atoms with E-state index in [-0.39, 0.29) is 15.1 Å². The summed E-state index contributed by atoms with van der Waals surface area (Å²) in [6, 6.07) is 9.80. The van der Waals surface area contributed by atoms with E-state index in [0.29, 0.717) is 0 Å². The molecule has 0 bridgehead atoms. The summed E-state index contributed by atoms with van der Waals surface area (Å²) in [5, 5.41) is 0. The Morgan fingerprint density at radius 2 is 1.74 bits per heavy atom. The Balaban J connectivity index is 2.33. The van der Waals surface area contributed by atoms with Crippen molar-refractivity contribution in [2.24, 2.45) is 0 Å². The van der Waals surface area contributed by atoms with E-state index in [1.54, 1.807) is 12.1 Å². The van der Waals surface area contributed by atoms with Crippen LogP contribution in [0.25, 0.3) is 0 Å². The van der Waals surface area contributed by atoms with Gasteiger partial charge in [0.1, 0.15) is 10.7 Å². The van der Waals surface area contributed by atoms with Crippen LogP contribution >= 0.6 is 15.9 Å². The normalized spacial score (nSPS) is 11.3. The van der Waals surface area contributed by atoms with Gasteiger partial charge in [0.25, 0.3) is 0 Å². The summed E-state index contributed by atoms with van der Waals surface area (Å²) in [6.07, 6.45) is 0. The molecular weight excluding hydrogens is 335 g/mol. The molecule has 0 amide bonds. The predicted octanol–water partition coefficient (Wildman–Crippen LogP) is 3.66. The highest BCUT2D eigenvalue weighted by Crippen LogP contribution is 2.28. The van der Waals surface area contributed by atoms with Gasteiger partial charge >= 0.3 is 10.1 Å². The van der Waals surface area contributed by atoms with Gasteiger partial charge in [-0.1, -0.05) is 17.7 Å². The number of aryl methyl sites for hydroxylation is 1. The third-order valence-corrected chi connectivity index (χ3v) is 4.27. The van der Waals surface area contributed by atoms with Gasteiger partial charge in [0.05, 0.1) is 4.47 Å². The lowest BCUT2D eigenvalue weighted by Crippen LogP contribution is -2.10. The van der Waals surface area contributed by atoms with Gasteiger partial charge in [0.15, 0.2) is 5.75 Å². The molecule has 2 aromatic rings. The lowest BCUT2D eigenvalue weighted by molar-refractivity contribution is 0.483. The Morgan fingerprint density at radius 3 is 2.32 bits per heavy atom. The van der Waals surface area contributed by atoms with Crippen molar-refractivity contribution in [2.45, 2.75) is 11.8 Å². The van der Waals surface area contributed by atoms with E-state index in [0.717, 1.165) is 17.7 Å². The van der Waals surface area contributed by atoms with Gasteiger partial charge < -0.3 is 4.18 Å². The molecule has 0 aliphatic heterocycles. The molecule has 0 saturated heterocycles. The van der Waals surface area contributed by atoms with E-state index in [1.165, 1.54) is 18.2 Å². The molecule has 0 aliphatic carbocycles. The summed E-state index contributed by atoms with van der Waals surface area (Å²) in [6.45, 7) is 1.85. The minimum Gasteiger partial charge on any atom is -0.378 e. The molecule has 3 nitrogen and oxygen atoms in total. The van der Waals surface area contributed by atoms with Crippen LogP contribution in [0.1, 0.15) is 5.56 Å². The van der Waals surface area contributed by atoms with Gasteiger partial charge in [-0.25, -0.2) is 4.39 Å². The molecule has 0 heterocycles. The maximum Gasteiger partial charge on any atom is 0.339 e. The predicted molar refractivity (Wildman–Crippen MR) is 73.1 cm³/mol. The molecular formula is C13H10BrFO3S. The standard InChI is InChI=1S/C13H10BrFO3S/c1-9-2-5-11(6-3-9)19(16,17)18-13-7-4-10(15)8-12(13)14/h2-8H,1H3. The molecule has 6 heteroatoms. The van der Waals surface area contributed by atoms with E-state index in [1.807, 2.05) is 6.92 Å². The molecule has 0 spiro atoms. The van der Waals surface area contributed by atoms with Gasteiger partial charge in [-0.05, 0) is 53.2 Å². The van der Waals surface area contributed by atoms with E-state index in [9.17, 15) is 12.8 Å². The van der Waals surface area contributed by atoms with Crippen molar-refractivity contribution in [1.82, 2.24) is 0 Å². The number of rotatable bonds is 3. The van der Waals surface area contributed by atoms with Gasteiger partial charge in [-0.2, -0.15) is 8.42 Å². The van der Waals surface area contributed by atoms with Crippen molar-refractivity contribution in [3.8, 4) is 5.75 Å². The first kappa shape index (κ1) is 14.0. The third-order valence-electron chi connectivity index (χ3n) is 2.40. The van der Waals surface area contributed by atoms with E-state index < -0.39 is 15.9 Å². The summed E-state index contributed by atoms with van der Waals surface area (Å²) in [5.41, 5.74) is 0.946. The number of benzene rings is 2. The molecule has 19 heavy (non-hydrogen) atoms. The van der Waals surface area contributed by atoms with E-state index in [2.05, 4.69) is 15.9 Å². The van der Waals surface area contributed by atoms with Crippen molar-refractivity contribution >= 4 is 26.0 Å². The summed E-state index contributed by atoms with van der Waals surface area (Å²) < 4.78 is 42.2. The van der Waals surface area contributed by atoms with Crippen molar-refractivity contribution in [1.29, 1.82) is 0 Å². The summed E-state index contributed by atoms with van der Waals surface area (Å²) >= 11 is 3.05. The molecule has 2 rings (SSSR count). The lowest BCUT2D eigenvalue weighted by Gasteiger charge is -2.08. The summed E-state index contributed by atoms with van der Waals surface area (Å²) in [5.74, 6) is -0.436. The second-order valence-corrected chi connectivity index (χ2v) is 6.33. The number of hydrogen-bond donors (Lipinski definition) is 0. The summed E-state index contributed by atoms with van der Waals surface area (Å²) in [4.78, 5) is 0.0503. The fraction of sp³-hybridized carbons (Fsp3) is 0.0769. The van der Waals surface area contributed by atoms with Crippen LogP contribution < -0.4 is 4.18 Å². The fourth-order valence-electron chi connectivity index (χ4n) is 1.41. The molecule has 0 saturated carbocycles. The van der Waals surface area contributed by atoms with Crippen LogP contribution in [0, 0.1) is 12.7 Å². The van der Waals surface area contributed by atoms with Gasteiger partial charge in [0, 0.05) is 0 Å². The Hall–Kier alpha value is -1.40. The first-order valence-corrected chi connectivity index (χ1v) is 7.55. The van der Waals surface area contributed by atoms with Crippen LogP contribution in [0.3, 0.4) is 0 Å². The van der Waals surface area contributed by atoms with Gasteiger partial charge in [0.2, 0.25) is 0 Å². The molecule has 0 aromatic heterocycles. The van der Waals surface area contributed by atoms with Crippen LogP contribution in [-0.2, 0) is 10.1 Å². The molecule has 100 valence electrons. The van der Waals surface area contributed by atoms with Crippen molar-refractivity contribution in [3.05, 3.63) is 58.3 Å². The van der Waals surface area contributed by atoms with E-state index >= 15 is 0 Å². The molecule has 0 unspecified atom stereocenters. The summed E-state index contributed by atoms with van der Waals surface area (Å²) in [7, 11) is -3.92. The van der Waals surface area contributed by atoms with Crippen LogP contribution in [0.2, 0.25) is 0 Å². The van der Waals surface area contributed by atoms with Crippen molar-refractivity contribution in [2.75, 3.05) is 0 Å². The average Bonchev–Trinajstić information content (AvgIpc) is 2.33. The zero-order chi connectivity index (χ0) is 14.0. The highest BCUT2D eigenvalue weighted by molar-refractivity contribution is 9.10. The van der Waals surface area contributed by atoms with Crippen LogP contribution in [0.5, 0.6) is 5.75 Å². The minimum absolute atomic E-state index is 0.0435. The molecule has 2 aromatic carbocycles. The minimum atomic E-state index is -3.92. The zero-order valence-electron chi connectivity index (χ0n) is 9.93. The van der Waals surface area contributed by atoms with Crippen LogP contribution in [0.15, 0.2) is 51.8 Å². The quantitative estimate of drug-likeness (QED) is 0.798. The molecule has 0 fully saturated rings. The van der Waals surface area contributed by atoms with Gasteiger partial charge in [-0.3, -0.25) is 0 Å². The van der Waals surface area contributed by atoms with Crippen LogP contribution in [0.4, 0.5) is 4.39 Å². The third kappa shape index (κ3) is 3.33. The SMILES string of the molecule is Cc1ccc(S(=O)(=O)Oc2ccc(F)cc2Br)cc1. The Bertz CT molecular complexity index is 696. The fourth-order valence-corrected chi connectivity index (χ4v) is 2.90. The monoisotopic (exact) mass is 344 g/mol. The number of hydrogen-bond acceptors (Lipinski definition) is 3. The molecule has 0 N–H and O–H groups in total. The van der Waals surface area contributed by atoms with E-state index in [4.69, 9.17) is 4.18 Å². The smallest absolute Gasteiger partial charge is 0.339 e. The zero-order valence-corrected chi connectivity index (χ0v) is 12.3. The highest BCUT2D eigenvalue weighted by atomic mass is 79.9. The van der Waals surface area contributed by atoms with Crippen molar-refractivity contribution < 1.29 is 17.0 Å². The van der Waals surface area contributed by atoms with Crippen LogP contribution in [-0.4, -0.2) is 8.42 Å². The first-order valence-electron chi connectivity index (χ1n) is 5.35. The second-order valence-electron chi connectivity index (χ2n) is 3.93. The van der Waals surface area contributed by atoms with Gasteiger partial charge in [-0.15, -0.1) is 0 Å². The van der Waals surface area contributed by atoms with Crippen molar-refractivity contribution in [3.63, 3.8) is 0 Å². The second kappa shape index (κ2) is 5.30. The topological polar surface area (TPSA) is 43.4 Å². The lowest BCUT2D eigenvalue weighted by atomic mass is 10.2. The maximum atomic E-state index is 12.9. The molecule has 0 radical (unpaired) electrons. The number of halogens is 2. The Morgan fingerprint density at radius 1 is 1.11 bits per heavy atom. The maximum absolute atomic E-state index is 12.9.